The van der Waals surface area contributed by atoms with Gasteiger partial charge in [0, 0.05) is 13.1 Å². The molecule has 1 rings (SSSR count). The van der Waals surface area contributed by atoms with Crippen LogP contribution in [0, 0.1) is 0 Å². The molecule has 0 saturated carbocycles. The van der Waals surface area contributed by atoms with Crippen LogP contribution in [0.15, 0.2) is 0 Å². The van der Waals surface area contributed by atoms with Gasteiger partial charge in [-0.3, -0.25) is 10.2 Å². The Labute approximate surface area is 81.5 Å². The van der Waals surface area contributed by atoms with Gasteiger partial charge in [0.05, 0.1) is 19.8 Å². The smallest absolute Gasteiger partial charge is 0.329 e. The first-order chi connectivity index (χ1) is 6.74. The molecule has 1 aliphatic rings. The van der Waals surface area contributed by atoms with Crippen molar-refractivity contribution < 1.29 is 14.3 Å². The monoisotopic (exact) mass is 202 g/mol. The Hall–Kier alpha value is -1.34. The molecule has 0 radical (unpaired) electrons. The van der Waals surface area contributed by atoms with E-state index in [1.54, 1.807) is 4.90 Å². The van der Waals surface area contributed by atoms with E-state index in [1.807, 2.05) is 5.43 Å². The quantitative estimate of drug-likeness (QED) is 0.274. The molecule has 7 heteroatoms. The molecule has 3 amide bonds. The molecule has 0 atom stereocenters. The van der Waals surface area contributed by atoms with Gasteiger partial charge < -0.3 is 15.0 Å². The van der Waals surface area contributed by atoms with Gasteiger partial charge >= 0.3 is 6.03 Å². The van der Waals surface area contributed by atoms with E-state index in [4.69, 9.17) is 10.6 Å². The lowest BCUT2D eigenvalue weighted by molar-refractivity contribution is -0.134. The normalized spacial score (nSPS) is 16.2. The summed E-state index contributed by atoms with van der Waals surface area (Å²) >= 11 is 0. The molecule has 0 aromatic heterocycles. The molecule has 7 nitrogen and oxygen atoms in total. The summed E-state index contributed by atoms with van der Waals surface area (Å²) in [6.45, 7) is 2.21. The predicted molar refractivity (Wildman–Crippen MR) is 48.1 cm³/mol. The van der Waals surface area contributed by atoms with Crippen LogP contribution in [0.4, 0.5) is 4.79 Å². The first-order valence-corrected chi connectivity index (χ1v) is 4.34. The van der Waals surface area contributed by atoms with Gasteiger partial charge in [0.15, 0.2) is 0 Å². The van der Waals surface area contributed by atoms with E-state index in [0.717, 1.165) is 0 Å². The van der Waals surface area contributed by atoms with Gasteiger partial charge in [-0.15, -0.1) is 0 Å². The van der Waals surface area contributed by atoms with Crippen molar-refractivity contribution in [1.29, 1.82) is 0 Å². The Balaban J connectivity index is 2.23. The fourth-order valence-electron chi connectivity index (χ4n) is 1.13. The van der Waals surface area contributed by atoms with Gasteiger partial charge in [0.1, 0.15) is 0 Å². The number of nitrogens with zero attached hydrogens (tertiary/aromatic N) is 1. The largest absolute Gasteiger partial charge is 0.378 e. The summed E-state index contributed by atoms with van der Waals surface area (Å²) in [5, 5.41) is 2.32. The lowest BCUT2D eigenvalue weighted by Gasteiger charge is -2.26. The van der Waals surface area contributed by atoms with Crippen LogP contribution in [-0.4, -0.2) is 49.7 Å². The summed E-state index contributed by atoms with van der Waals surface area (Å²) in [5.41, 5.74) is 1.88. The van der Waals surface area contributed by atoms with Crippen LogP contribution < -0.4 is 16.6 Å². The molecule has 1 fully saturated rings. The molecule has 0 aromatic rings. The number of carbonyl (C=O) groups excluding carboxylic acids is 2. The fraction of sp³-hybridized carbons (Fsp3) is 0.714. The Kier molecular flexibility index (Phi) is 4.14. The Morgan fingerprint density at radius 1 is 1.36 bits per heavy atom. The third-order valence-electron chi connectivity index (χ3n) is 1.90. The van der Waals surface area contributed by atoms with Gasteiger partial charge in [-0.2, -0.15) is 0 Å². The minimum absolute atomic E-state index is 0.0387. The molecule has 1 saturated heterocycles. The highest BCUT2D eigenvalue weighted by Gasteiger charge is 2.16. The first-order valence-electron chi connectivity index (χ1n) is 4.34. The van der Waals surface area contributed by atoms with E-state index in [9.17, 15) is 9.59 Å². The molecule has 0 unspecified atom stereocenters. The molecule has 0 spiro atoms. The average molecular weight is 202 g/mol. The zero-order valence-corrected chi connectivity index (χ0v) is 7.78. The summed E-state index contributed by atoms with van der Waals surface area (Å²) in [7, 11) is 0. The fourth-order valence-corrected chi connectivity index (χ4v) is 1.13. The maximum absolute atomic E-state index is 11.4. The van der Waals surface area contributed by atoms with Crippen LogP contribution in [0.2, 0.25) is 0 Å². The summed E-state index contributed by atoms with van der Waals surface area (Å²) in [5.74, 6) is 4.70. The van der Waals surface area contributed by atoms with Crippen molar-refractivity contribution in [3.05, 3.63) is 0 Å². The van der Waals surface area contributed by atoms with Crippen molar-refractivity contribution in [3.8, 4) is 0 Å². The second-order valence-electron chi connectivity index (χ2n) is 2.82. The van der Waals surface area contributed by atoms with Crippen molar-refractivity contribution in [3.63, 3.8) is 0 Å². The summed E-state index contributed by atoms with van der Waals surface area (Å²) < 4.78 is 5.08. The highest BCUT2D eigenvalue weighted by Crippen LogP contribution is 1.96. The number of nitrogens with two attached hydrogens (primary N) is 1. The second-order valence-corrected chi connectivity index (χ2v) is 2.82. The van der Waals surface area contributed by atoms with E-state index in [1.165, 1.54) is 0 Å². The third kappa shape index (κ3) is 3.19. The predicted octanol–water partition coefficient (Wildman–Crippen LogP) is -1.98. The number of morpholine rings is 1. The highest BCUT2D eigenvalue weighted by molar-refractivity contribution is 5.83. The van der Waals surface area contributed by atoms with Crippen molar-refractivity contribution in [2.75, 3.05) is 32.8 Å². The maximum Gasteiger partial charge on any atom is 0.329 e. The number of hydrogen-bond acceptors (Lipinski definition) is 4. The summed E-state index contributed by atoms with van der Waals surface area (Å²) in [6, 6.07) is -0.563. The van der Waals surface area contributed by atoms with Crippen LogP contribution in [0.5, 0.6) is 0 Å². The van der Waals surface area contributed by atoms with E-state index >= 15 is 0 Å². The van der Waals surface area contributed by atoms with Crippen molar-refractivity contribution >= 4 is 11.9 Å². The van der Waals surface area contributed by atoms with Gasteiger partial charge in [-0.05, 0) is 0 Å². The molecule has 1 heterocycles. The minimum atomic E-state index is -0.563. The molecule has 0 aromatic carbocycles. The van der Waals surface area contributed by atoms with Crippen molar-refractivity contribution in [2.24, 2.45) is 5.84 Å². The Morgan fingerprint density at radius 3 is 2.57 bits per heavy atom. The van der Waals surface area contributed by atoms with E-state index in [2.05, 4.69) is 5.32 Å². The van der Waals surface area contributed by atoms with Crippen molar-refractivity contribution in [2.45, 2.75) is 0 Å². The van der Waals surface area contributed by atoms with Crippen LogP contribution in [0.25, 0.3) is 0 Å². The second kappa shape index (κ2) is 5.40. The number of hydrazine groups is 1. The van der Waals surface area contributed by atoms with Gasteiger partial charge in [-0.1, -0.05) is 0 Å². The van der Waals surface area contributed by atoms with Crippen LogP contribution in [0.1, 0.15) is 0 Å². The molecular formula is C7H14N4O3. The number of carbonyl (C=O) groups is 2. The molecule has 1 aliphatic heterocycles. The molecule has 0 aliphatic carbocycles. The topological polar surface area (TPSA) is 96.7 Å². The molecule has 14 heavy (non-hydrogen) atoms. The van der Waals surface area contributed by atoms with E-state index < -0.39 is 6.03 Å². The summed E-state index contributed by atoms with van der Waals surface area (Å²) in [4.78, 5) is 23.7. The first kappa shape index (κ1) is 10.7. The highest BCUT2D eigenvalue weighted by atomic mass is 16.5. The maximum atomic E-state index is 11.4. The van der Waals surface area contributed by atoms with E-state index in [-0.39, 0.29) is 12.5 Å². The van der Waals surface area contributed by atoms with Gasteiger partial charge in [-0.25, -0.2) is 10.6 Å². The average Bonchev–Trinajstić information content (AvgIpc) is 2.26. The number of urea groups is 1. The zero-order chi connectivity index (χ0) is 10.4. The standard InChI is InChI=1S/C7H14N4O3/c8-10-7(13)9-5-6(12)11-1-3-14-4-2-11/h1-5,8H2,(H2,9,10,13). The lowest BCUT2D eigenvalue weighted by atomic mass is 10.4. The SMILES string of the molecule is NNC(=O)NCC(=O)N1CCOCC1. The molecule has 4 N–H and O–H groups in total. The number of hydrogen-bond donors (Lipinski definition) is 3. The van der Waals surface area contributed by atoms with Gasteiger partial charge in [0.2, 0.25) is 5.91 Å². The Bertz CT molecular complexity index is 215. The zero-order valence-electron chi connectivity index (χ0n) is 7.78. The number of ether oxygens (including phenoxy) is 1. The van der Waals surface area contributed by atoms with Crippen LogP contribution >= 0.6 is 0 Å². The van der Waals surface area contributed by atoms with Gasteiger partial charge in [0.25, 0.3) is 0 Å². The number of nitrogens with one attached hydrogen (secondary N) is 2. The number of amides is 3. The third-order valence-corrected chi connectivity index (χ3v) is 1.90. The molecule has 0 bridgehead atoms. The minimum Gasteiger partial charge on any atom is -0.378 e. The number of rotatable bonds is 2. The molecular weight excluding hydrogens is 188 g/mol. The Morgan fingerprint density at radius 2 is 2.00 bits per heavy atom. The summed E-state index contributed by atoms with van der Waals surface area (Å²) in [6.07, 6.45) is 0. The van der Waals surface area contributed by atoms with E-state index in [0.29, 0.717) is 26.3 Å². The van der Waals surface area contributed by atoms with Crippen LogP contribution in [-0.2, 0) is 9.53 Å². The lowest BCUT2D eigenvalue weighted by Crippen LogP contribution is -2.48. The van der Waals surface area contributed by atoms with Crippen LogP contribution in [0.3, 0.4) is 0 Å². The molecule has 80 valence electrons. The van der Waals surface area contributed by atoms with Crippen molar-refractivity contribution in [1.82, 2.24) is 15.6 Å².